The maximum Gasteiger partial charge on any atom is 0.208 e. The van der Waals surface area contributed by atoms with Gasteiger partial charge in [0, 0.05) is 13.0 Å². The first-order valence-corrected chi connectivity index (χ1v) is 5.84. The third-order valence-electron chi connectivity index (χ3n) is 2.60. The van der Waals surface area contributed by atoms with Gasteiger partial charge in [0.1, 0.15) is 5.76 Å². The van der Waals surface area contributed by atoms with Crippen LogP contribution in [0.4, 0.5) is 0 Å². The number of benzene rings is 1. The molecule has 0 saturated heterocycles. The number of aromatic nitrogens is 1. The molecule has 0 bridgehead atoms. The number of nitrogens with one attached hydrogen (secondary N) is 1. The molecule has 18 heavy (non-hydrogen) atoms. The lowest BCUT2D eigenvalue weighted by Gasteiger charge is -2.04. The van der Waals surface area contributed by atoms with E-state index in [2.05, 4.69) is 10.3 Å². The summed E-state index contributed by atoms with van der Waals surface area (Å²) in [4.78, 5) is 4.13. The van der Waals surface area contributed by atoms with Crippen LogP contribution in [-0.2, 0) is 19.5 Å². The van der Waals surface area contributed by atoms with Crippen LogP contribution in [0.2, 0.25) is 0 Å². The van der Waals surface area contributed by atoms with Gasteiger partial charge in [-0.05, 0) is 17.7 Å². The van der Waals surface area contributed by atoms with Crippen molar-refractivity contribution >= 4 is 0 Å². The molecule has 0 saturated carbocycles. The SMILES string of the molecule is CCc1cnc(CNCc2ccc(O)c(O)c2)o1. The third-order valence-corrected chi connectivity index (χ3v) is 2.60. The summed E-state index contributed by atoms with van der Waals surface area (Å²) < 4.78 is 5.45. The van der Waals surface area contributed by atoms with Gasteiger partial charge in [0.05, 0.1) is 12.7 Å². The second-order valence-corrected chi connectivity index (χ2v) is 4.00. The summed E-state index contributed by atoms with van der Waals surface area (Å²) in [7, 11) is 0. The Morgan fingerprint density at radius 3 is 2.72 bits per heavy atom. The van der Waals surface area contributed by atoms with Crippen LogP contribution in [0.15, 0.2) is 28.8 Å². The van der Waals surface area contributed by atoms with E-state index in [0.717, 1.165) is 17.7 Å². The molecule has 2 rings (SSSR count). The molecule has 0 amide bonds. The lowest BCUT2D eigenvalue weighted by molar-refractivity contribution is 0.402. The van der Waals surface area contributed by atoms with Gasteiger partial charge in [-0.3, -0.25) is 0 Å². The lowest BCUT2D eigenvalue weighted by atomic mass is 10.2. The van der Waals surface area contributed by atoms with Crippen LogP contribution >= 0.6 is 0 Å². The fourth-order valence-corrected chi connectivity index (χ4v) is 1.59. The average Bonchev–Trinajstić information content (AvgIpc) is 2.82. The number of phenols is 2. The predicted molar refractivity (Wildman–Crippen MR) is 66.2 cm³/mol. The van der Waals surface area contributed by atoms with Gasteiger partial charge >= 0.3 is 0 Å². The van der Waals surface area contributed by atoms with Gasteiger partial charge in [-0.25, -0.2) is 4.98 Å². The van der Waals surface area contributed by atoms with Crippen LogP contribution in [0.3, 0.4) is 0 Å². The highest BCUT2D eigenvalue weighted by Gasteiger charge is 2.03. The fraction of sp³-hybridized carbons (Fsp3) is 0.308. The zero-order chi connectivity index (χ0) is 13.0. The van der Waals surface area contributed by atoms with Crippen molar-refractivity contribution in [3.05, 3.63) is 41.6 Å². The van der Waals surface area contributed by atoms with E-state index in [1.807, 2.05) is 6.92 Å². The number of rotatable bonds is 5. The summed E-state index contributed by atoms with van der Waals surface area (Å²) in [5.41, 5.74) is 0.882. The largest absolute Gasteiger partial charge is 0.504 e. The van der Waals surface area contributed by atoms with Gasteiger partial charge < -0.3 is 19.9 Å². The molecule has 1 heterocycles. The van der Waals surface area contributed by atoms with Crippen LogP contribution in [0.1, 0.15) is 24.1 Å². The van der Waals surface area contributed by atoms with Crippen molar-refractivity contribution < 1.29 is 14.6 Å². The van der Waals surface area contributed by atoms with Crippen molar-refractivity contribution in [2.24, 2.45) is 0 Å². The second-order valence-electron chi connectivity index (χ2n) is 4.00. The summed E-state index contributed by atoms with van der Waals surface area (Å²) in [6, 6.07) is 4.73. The Morgan fingerprint density at radius 2 is 2.06 bits per heavy atom. The Balaban J connectivity index is 1.86. The quantitative estimate of drug-likeness (QED) is 0.705. The van der Waals surface area contributed by atoms with Gasteiger partial charge in [0.25, 0.3) is 0 Å². The molecule has 1 aromatic carbocycles. The Bertz CT molecular complexity index is 523. The smallest absolute Gasteiger partial charge is 0.208 e. The van der Waals surface area contributed by atoms with Gasteiger partial charge in [0.15, 0.2) is 11.5 Å². The maximum absolute atomic E-state index is 9.34. The van der Waals surface area contributed by atoms with E-state index in [1.165, 1.54) is 12.1 Å². The molecule has 5 heteroatoms. The van der Waals surface area contributed by atoms with Crippen LogP contribution in [-0.4, -0.2) is 15.2 Å². The standard InChI is InChI=1S/C13H16N2O3/c1-2-10-7-15-13(18-10)8-14-6-9-3-4-11(16)12(17)5-9/h3-5,7,14,16-17H,2,6,8H2,1H3. The van der Waals surface area contributed by atoms with Gasteiger partial charge in [-0.15, -0.1) is 0 Å². The molecule has 0 aliphatic rings. The Hall–Kier alpha value is -2.01. The molecular formula is C13H16N2O3. The van der Waals surface area contributed by atoms with E-state index in [0.29, 0.717) is 19.0 Å². The van der Waals surface area contributed by atoms with Crippen molar-refractivity contribution in [3.8, 4) is 11.5 Å². The van der Waals surface area contributed by atoms with E-state index in [4.69, 9.17) is 4.42 Å². The Labute approximate surface area is 105 Å². The molecule has 0 fully saturated rings. The zero-order valence-electron chi connectivity index (χ0n) is 10.2. The molecule has 0 unspecified atom stereocenters. The topological polar surface area (TPSA) is 78.5 Å². The lowest BCUT2D eigenvalue weighted by Crippen LogP contribution is -2.12. The molecule has 0 aliphatic carbocycles. The molecule has 0 aliphatic heterocycles. The highest BCUT2D eigenvalue weighted by molar-refractivity contribution is 5.40. The summed E-state index contributed by atoms with van der Waals surface area (Å²) >= 11 is 0. The Kier molecular flexibility index (Phi) is 3.84. The number of oxazole rings is 1. The number of phenolic OH excluding ortho intramolecular Hbond substituents is 2. The maximum atomic E-state index is 9.34. The fourth-order valence-electron chi connectivity index (χ4n) is 1.59. The number of aryl methyl sites for hydroxylation is 1. The number of aromatic hydroxyl groups is 2. The van der Waals surface area contributed by atoms with Crippen LogP contribution in [0.25, 0.3) is 0 Å². The molecule has 2 aromatic rings. The predicted octanol–water partition coefficient (Wildman–Crippen LogP) is 1.94. The van der Waals surface area contributed by atoms with Crippen molar-refractivity contribution in [1.82, 2.24) is 10.3 Å². The highest BCUT2D eigenvalue weighted by atomic mass is 16.4. The van der Waals surface area contributed by atoms with Gasteiger partial charge in [-0.2, -0.15) is 0 Å². The Morgan fingerprint density at radius 1 is 1.22 bits per heavy atom. The number of nitrogens with zero attached hydrogens (tertiary/aromatic N) is 1. The van der Waals surface area contributed by atoms with E-state index < -0.39 is 0 Å². The number of hydrogen-bond acceptors (Lipinski definition) is 5. The molecular weight excluding hydrogens is 232 g/mol. The molecule has 0 spiro atoms. The second kappa shape index (κ2) is 5.55. The first-order chi connectivity index (χ1) is 8.69. The van der Waals surface area contributed by atoms with E-state index >= 15 is 0 Å². The molecule has 5 nitrogen and oxygen atoms in total. The van der Waals surface area contributed by atoms with Gasteiger partial charge in [-0.1, -0.05) is 13.0 Å². The zero-order valence-corrected chi connectivity index (χ0v) is 10.2. The van der Waals surface area contributed by atoms with Crippen molar-refractivity contribution in [3.63, 3.8) is 0 Å². The van der Waals surface area contributed by atoms with Crippen LogP contribution in [0, 0.1) is 0 Å². The summed E-state index contributed by atoms with van der Waals surface area (Å²) in [5.74, 6) is 1.29. The van der Waals surface area contributed by atoms with Gasteiger partial charge in [0.2, 0.25) is 5.89 Å². The summed E-state index contributed by atoms with van der Waals surface area (Å²) in [6.45, 7) is 3.11. The minimum atomic E-state index is -0.112. The van der Waals surface area contributed by atoms with Crippen molar-refractivity contribution in [1.29, 1.82) is 0 Å². The summed E-state index contributed by atoms with van der Waals surface area (Å²) in [6.07, 6.45) is 2.56. The monoisotopic (exact) mass is 248 g/mol. The van der Waals surface area contributed by atoms with Crippen molar-refractivity contribution in [2.45, 2.75) is 26.4 Å². The summed E-state index contributed by atoms with van der Waals surface area (Å²) in [5, 5.41) is 21.7. The van der Waals surface area contributed by atoms with E-state index in [9.17, 15) is 10.2 Å². The minimum Gasteiger partial charge on any atom is -0.504 e. The first-order valence-electron chi connectivity index (χ1n) is 5.84. The third kappa shape index (κ3) is 3.01. The highest BCUT2D eigenvalue weighted by Crippen LogP contribution is 2.24. The van der Waals surface area contributed by atoms with Crippen molar-refractivity contribution in [2.75, 3.05) is 0 Å². The van der Waals surface area contributed by atoms with Crippen LogP contribution < -0.4 is 5.32 Å². The average molecular weight is 248 g/mol. The van der Waals surface area contributed by atoms with E-state index in [1.54, 1.807) is 12.3 Å². The molecule has 1 aromatic heterocycles. The molecule has 0 radical (unpaired) electrons. The van der Waals surface area contributed by atoms with E-state index in [-0.39, 0.29) is 11.5 Å². The molecule has 96 valence electrons. The van der Waals surface area contributed by atoms with Crippen LogP contribution in [0.5, 0.6) is 11.5 Å². The molecule has 3 N–H and O–H groups in total. The molecule has 0 atom stereocenters. The first kappa shape index (κ1) is 12.4. The number of hydrogen-bond donors (Lipinski definition) is 3. The minimum absolute atomic E-state index is 0.112. The normalized spacial score (nSPS) is 10.7.